The Morgan fingerprint density at radius 2 is 1.93 bits per heavy atom. The number of hydrogen-bond donors (Lipinski definition) is 0. The van der Waals surface area contributed by atoms with Gasteiger partial charge in [0.2, 0.25) is 0 Å². The second kappa shape index (κ2) is 9.93. The summed E-state index contributed by atoms with van der Waals surface area (Å²) in [6.45, 7) is 5.43. The fourth-order valence-electron chi connectivity index (χ4n) is 2.34. The minimum absolute atomic E-state index is 0.136. The summed E-state index contributed by atoms with van der Waals surface area (Å²) in [5.41, 5.74) is 2.35. The molecule has 0 aromatic heterocycles. The fourth-order valence-corrected chi connectivity index (χ4v) is 2.34. The smallest absolute Gasteiger partial charge is 0.349 e. The molecule has 0 heterocycles. The molecule has 0 saturated carbocycles. The van der Waals surface area contributed by atoms with Crippen molar-refractivity contribution in [3.63, 3.8) is 0 Å². The minimum atomic E-state index is -0.700. The van der Waals surface area contributed by atoms with Gasteiger partial charge in [0, 0.05) is 0 Å². The Bertz CT molecular complexity index is 940. The third-order valence-electron chi connectivity index (χ3n) is 3.71. The van der Waals surface area contributed by atoms with Crippen molar-refractivity contribution >= 4 is 18.0 Å². The summed E-state index contributed by atoms with van der Waals surface area (Å²) in [6, 6.07) is 14.0. The third-order valence-corrected chi connectivity index (χ3v) is 3.71. The van der Waals surface area contributed by atoms with Gasteiger partial charge in [-0.1, -0.05) is 24.3 Å². The number of aryl methyl sites for hydroxylation is 2. The predicted octanol–water partition coefficient (Wildman–Crippen LogP) is 3.76. The van der Waals surface area contributed by atoms with E-state index >= 15 is 0 Å². The number of nitriles is 1. The quantitative estimate of drug-likeness (QED) is 0.315. The second-order valence-corrected chi connectivity index (χ2v) is 5.99. The van der Waals surface area contributed by atoms with Crippen molar-refractivity contribution in [1.82, 2.24) is 0 Å². The second-order valence-electron chi connectivity index (χ2n) is 5.99. The van der Waals surface area contributed by atoms with Gasteiger partial charge in [0.25, 0.3) is 0 Å². The maximum Gasteiger partial charge on any atom is 0.349 e. The average molecular weight is 379 g/mol. The maximum absolute atomic E-state index is 12.1. The molecular weight excluding hydrogens is 358 g/mol. The van der Waals surface area contributed by atoms with Crippen molar-refractivity contribution < 1.29 is 23.8 Å². The molecule has 6 nitrogen and oxygen atoms in total. The first-order chi connectivity index (χ1) is 13.4. The largest absolute Gasteiger partial charge is 0.482 e. The summed E-state index contributed by atoms with van der Waals surface area (Å²) < 4.78 is 15.6. The summed E-state index contributed by atoms with van der Waals surface area (Å²) in [7, 11) is 0. The summed E-state index contributed by atoms with van der Waals surface area (Å²) in [6.07, 6.45) is 1.38. The van der Waals surface area contributed by atoms with Gasteiger partial charge in [-0.05, 0) is 61.7 Å². The van der Waals surface area contributed by atoms with Crippen LogP contribution in [0.4, 0.5) is 0 Å². The Labute approximate surface area is 164 Å². The van der Waals surface area contributed by atoms with E-state index in [0.29, 0.717) is 11.3 Å². The van der Waals surface area contributed by atoms with Crippen LogP contribution in [0.2, 0.25) is 0 Å². The molecule has 6 heteroatoms. The van der Waals surface area contributed by atoms with E-state index in [2.05, 4.69) is 0 Å². The van der Waals surface area contributed by atoms with Gasteiger partial charge in [-0.25, -0.2) is 9.59 Å². The van der Waals surface area contributed by atoms with Crippen molar-refractivity contribution in [1.29, 1.82) is 5.26 Å². The van der Waals surface area contributed by atoms with Crippen molar-refractivity contribution in [2.75, 3.05) is 13.2 Å². The fraction of sp³-hybridized carbons (Fsp3) is 0.227. The van der Waals surface area contributed by atoms with Gasteiger partial charge in [-0.2, -0.15) is 5.26 Å². The van der Waals surface area contributed by atoms with Crippen molar-refractivity contribution in [2.45, 2.75) is 20.8 Å². The first kappa shape index (κ1) is 20.7. The van der Waals surface area contributed by atoms with E-state index in [0.717, 1.165) is 11.1 Å². The van der Waals surface area contributed by atoms with Gasteiger partial charge in [-0.3, -0.25) is 0 Å². The summed E-state index contributed by atoms with van der Waals surface area (Å²) in [5, 5.41) is 9.10. The zero-order valence-electron chi connectivity index (χ0n) is 16.0. The van der Waals surface area contributed by atoms with E-state index < -0.39 is 11.9 Å². The van der Waals surface area contributed by atoms with Gasteiger partial charge in [-0.15, -0.1) is 0 Å². The predicted molar refractivity (Wildman–Crippen MR) is 104 cm³/mol. The van der Waals surface area contributed by atoms with Gasteiger partial charge in [0.1, 0.15) is 23.1 Å². The Balaban J connectivity index is 2.03. The van der Waals surface area contributed by atoms with E-state index in [-0.39, 0.29) is 24.5 Å². The van der Waals surface area contributed by atoms with Gasteiger partial charge < -0.3 is 14.2 Å². The van der Waals surface area contributed by atoms with Crippen LogP contribution in [0.5, 0.6) is 11.5 Å². The lowest BCUT2D eigenvalue weighted by Crippen LogP contribution is -2.18. The molecule has 0 aliphatic heterocycles. The number of ether oxygens (including phenoxy) is 3. The highest BCUT2D eigenvalue weighted by Crippen LogP contribution is 2.20. The van der Waals surface area contributed by atoms with Crippen molar-refractivity contribution in [3.05, 3.63) is 64.7 Å². The molecule has 0 saturated heterocycles. The van der Waals surface area contributed by atoms with Crippen LogP contribution in [0.15, 0.2) is 48.0 Å². The molecule has 0 spiro atoms. The molecule has 28 heavy (non-hydrogen) atoms. The number of benzene rings is 2. The molecule has 0 N–H and O–H groups in total. The monoisotopic (exact) mass is 379 g/mol. The van der Waals surface area contributed by atoms with Gasteiger partial charge >= 0.3 is 11.9 Å². The Morgan fingerprint density at radius 3 is 2.64 bits per heavy atom. The van der Waals surface area contributed by atoms with E-state index in [1.807, 2.05) is 32.0 Å². The summed E-state index contributed by atoms with van der Waals surface area (Å²) >= 11 is 0. The van der Waals surface area contributed by atoms with E-state index in [9.17, 15) is 9.59 Å². The maximum atomic E-state index is 12.1. The lowest BCUT2D eigenvalue weighted by molar-refractivity contribution is -0.138. The van der Waals surface area contributed by atoms with Crippen LogP contribution in [0.3, 0.4) is 0 Å². The average Bonchev–Trinajstić information content (AvgIpc) is 2.67. The number of carbonyl (C=O) groups is 2. The number of rotatable bonds is 7. The first-order valence-corrected chi connectivity index (χ1v) is 8.72. The van der Waals surface area contributed by atoms with E-state index in [1.54, 1.807) is 37.3 Å². The normalized spacial score (nSPS) is 10.7. The molecule has 144 valence electrons. The van der Waals surface area contributed by atoms with Crippen LogP contribution in [0.1, 0.15) is 23.6 Å². The molecule has 0 bridgehead atoms. The molecule has 2 aromatic carbocycles. The van der Waals surface area contributed by atoms with Crippen LogP contribution >= 0.6 is 0 Å². The number of nitrogens with zero attached hydrogens (tertiary/aromatic N) is 1. The molecule has 0 amide bonds. The number of esters is 2. The standard InChI is InChI=1S/C22H21NO5/c1-4-26-22(25)18(13-23)11-17-6-5-7-19(12-17)28-21(24)14-27-20-10-15(2)8-9-16(20)3/h5-12H,4,14H2,1-3H3/b18-11+. The summed E-state index contributed by atoms with van der Waals surface area (Å²) in [5.74, 6) is -0.353. The van der Waals surface area contributed by atoms with Crippen LogP contribution < -0.4 is 9.47 Å². The summed E-state index contributed by atoms with van der Waals surface area (Å²) in [4.78, 5) is 23.8. The van der Waals surface area contributed by atoms with Crippen molar-refractivity contribution in [3.8, 4) is 17.6 Å². The van der Waals surface area contributed by atoms with Crippen LogP contribution in [0.25, 0.3) is 6.08 Å². The molecule has 2 aromatic rings. The molecule has 0 fully saturated rings. The zero-order valence-corrected chi connectivity index (χ0v) is 16.0. The third kappa shape index (κ3) is 5.99. The SMILES string of the molecule is CCOC(=O)/C(C#N)=C/c1cccc(OC(=O)COc2cc(C)ccc2C)c1. The minimum Gasteiger partial charge on any atom is -0.482 e. The molecular formula is C22H21NO5. The van der Waals surface area contributed by atoms with Crippen molar-refractivity contribution in [2.24, 2.45) is 0 Å². The highest BCUT2D eigenvalue weighted by Gasteiger charge is 2.11. The zero-order chi connectivity index (χ0) is 20.5. The molecule has 0 atom stereocenters. The van der Waals surface area contributed by atoms with Crippen LogP contribution in [-0.4, -0.2) is 25.2 Å². The van der Waals surface area contributed by atoms with E-state index in [1.165, 1.54) is 6.08 Å². The molecule has 0 aliphatic rings. The first-order valence-electron chi connectivity index (χ1n) is 8.72. The Morgan fingerprint density at radius 1 is 1.14 bits per heavy atom. The molecule has 0 unspecified atom stereocenters. The van der Waals surface area contributed by atoms with Gasteiger partial charge in [0.05, 0.1) is 6.61 Å². The van der Waals surface area contributed by atoms with Crippen LogP contribution in [0, 0.1) is 25.2 Å². The molecule has 0 aliphatic carbocycles. The highest BCUT2D eigenvalue weighted by atomic mass is 16.6. The number of carbonyl (C=O) groups excluding carboxylic acids is 2. The highest BCUT2D eigenvalue weighted by molar-refractivity contribution is 5.97. The Kier molecular flexibility index (Phi) is 7.35. The lowest BCUT2D eigenvalue weighted by atomic mass is 10.1. The lowest BCUT2D eigenvalue weighted by Gasteiger charge is -2.10. The number of hydrogen-bond acceptors (Lipinski definition) is 6. The van der Waals surface area contributed by atoms with Gasteiger partial charge in [0.15, 0.2) is 6.61 Å². The van der Waals surface area contributed by atoms with Crippen LogP contribution in [-0.2, 0) is 14.3 Å². The Hall–Kier alpha value is -3.59. The van der Waals surface area contributed by atoms with E-state index in [4.69, 9.17) is 19.5 Å². The molecule has 2 rings (SSSR count). The topological polar surface area (TPSA) is 85.6 Å². The molecule has 0 radical (unpaired) electrons.